The number of hydrogen-bond acceptors (Lipinski definition) is 2. The van der Waals surface area contributed by atoms with Gasteiger partial charge in [-0.05, 0) is 61.1 Å². The summed E-state index contributed by atoms with van der Waals surface area (Å²) in [4.78, 5) is 24.3. The smallest absolute Gasteiger partial charge is 0.251 e. The third kappa shape index (κ3) is 8.40. The van der Waals surface area contributed by atoms with E-state index >= 15 is 0 Å². The Hall–Kier alpha value is -2.62. The van der Waals surface area contributed by atoms with Crippen LogP contribution < -0.4 is 10.6 Å². The molecule has 0 fully saturated rings. The van der Waals surface area contributed by atoms with Crippen LogP contribution in [0.5, 0.6) is 0 Å². The molecule has 2 aromatic rings. The number of benzene rings is 2. The van der Waals surface area contributed by atoms with E-state index in [4.69, 9.17) is 0 Å². The molecular weight excluding hydrogens is 372 g/mol. The van der Waals surface area contributed by atoms with Crippen LogP contribution in [0, 0.1) is 0 Å². The molecule has 4 nitrogen and oxygen atoms in total. The van der Waals surface area contributed by atoms with Crippen LogP contribution in [-0.4, -0.2) is 24.9 Å². The van der Waals surface area contributed by atoms with Crippen LogP contribution >= 0.6 is 0 Å². The van der Waals surface area contributed by atoms with Crippen molar-refractivity contribution in [3.05, 3.63) is 70.8 Å². The van der Waals surface area contributed by atoms with E-state index in [2.05, 4.69) is 24.5 Å². The van der Waals surface area contributed by atoms with E-state index in [0.29, 0.717) is 0 Å². The number of aryl methyl sites for hydroxylation is 2. The van der Waals surface area contributed by atoms with E-state index in [1.165, 1.54) is 11.1 Å². The Bertz CT molecular complexity index is 734. The SMILES string of the molecule is CCc1cccc(C(=O)NCCCCCCCCNC(=O)c2cccc(CC)c2)c1. The second-order valence-corrected chi connectivity index (χ2v) is 7.74. The molecular formula is C26H36N2O2. The van der Waals surface area contributed by atoms with Crippen LogP contribution in [0.3, 0.4) is 0 Å². The van der Waals surface area contributed by atoms with Crippen molar-refractivity contribution in [3.8, 4) is 0 Å². The quantitative estimate of drug-likeness (QED) is 0.441. The summed E-state index contributed by atoms with van der Waals surface area (Å²) in [5.41, 5.74) is 3.87. The molecule has 4 heteroatoms. The molecule has 0 bridgehead atoms. The highest BCUT2D eigenvalue weighted by atomic mass is 16.2. The summed E-state index contributed by atoms with van der Waals surface area (Å²) in [5, 5.41) is 6.02. The molecule has 0 saturated heterocycles. The number of hydrogen-bond donors (Lipinski definition) is 2. The molecule has 2 N–H and O–H groups in total. The van der Waals surface area contributed by atoms with Gasteiger partial charge in [-0.1, -0.05) is 63.8 Å². The Balaban J connectivity index is 1.48. The average Bonchev–Trinajstić information content (AvgIpc) is 2.79. The Morgan fingerprint density at radius 2 is 1.03 bits per heavy atom. The second kappa shape index (κ2) is 13.6. The van der Waals surface area contributed by atoms with Crippen molar-refractivity contribution in [2.24, 2.45) is 0 Å². The highest BCUT2D eigenvalue weighted by Gasteiger charge is 2.06. The lowest BCUT2D eigenvalue weighted by atomic mass is 10.1. The third-order valence-corrected chi connectivity index (χ3v) is 5.37. The molecule has 0 atom stereocenters. The predicted molar refractivity (Wildman–Crippen MR) is 124 cm³/mol. The third-order valence-electron chi connectivity index (χ3n) is 5.37. The van der Waals surface area contributed by atoms with Gasteiger partial charge in [0.2, 0.25) is 0 Å². The summed E-state index contributed by atoms with van der Waals surface area (Å²) < 4.78 is 0. The zero-order valence-corrected chi connectivity index (χ0v) is 18.5. The van der Waals surface area contributed by atoms with E-state index < -0.39 is 0 Å². The summed E-state index contributed by atoms with van der Waals surface area (Å²) in [7, 11) is 0. The van der Waals surface area contributed by atoms with E-state index in [0.717, 1.165) is 75.6 Å². The Morgan fingerprint density at radius 1 is 0.633 bits per heavy atom. The Morgan fingerprint density at radius 3 is 1.43 bits per heavy atom. The van der Waals surface area contributed by atoms with Crippen LogP contribution in [0.1, 0.15) is 84.2 Å². The summed E-state index contributed by atoms with van der Waals surface area (Å²) >= 11 is 0. The number of unbranched alkanes of at least 4 members (excludes halogenated alkanes) is 5. The summed E-state index contributed by atoms with van der Waals surface area (Å²) in [5.74, 6) is 0.0380. The van der Waals surface area contributed by atoms with Gasteiger partial charge in [-0.3, -0.25) is 9.59 Å². The number of nitrogens with one attached hydrogen (secondary N) is 2. The van der Waals surface area contributed by atoms with Gasteiger partial charge in [-0.2, -0.15) is 0 Å². The van der Waals surface area contributed by atoms with Crippen molar-refractivity contribution >= 4 is 11.8 Å². The number of amides is 2. The van der Waals surface area contributed by atoms with Gasteiger partial charge < -0.3 is 10.6 Å². The highest BCUT2D eigenvalue weighted by molar-refractivity contribution is 5.94. The van der Waals surface area contributed by atoms with E-state index in [9.17, 15) is 9.59 Å². The van der Waals surface area contributed by atoms with Crippen molar-refractivity contribution in [2.45, 2.75) is 65.2 Å². The number of carbonyl (C=O) groups is 2. The molecule has 0 aliphatic rings. The largest absolute Gasteiger partial charge is 0.352 e. The van der Waals surface area contributed by atoms with Gasteiger partial charge in [0.05, 0.1) is 0 Å². The van der Waals surface area contributed by atoms with E-state index in [-0.39, 0.29) is 11.8 Å². The van der Waals surface area contributed by atoms with Gasteiger partial charge in [-0.15, -0.1) is 0 Å². The molecule has 0 aliphatic carbocycles. The van der Waals surface area contributed by atoms with Crippen molar-refractivity contribution in [1.82, 2.24) is 10.6 Å². The van der Waals surface area contributed by atoms with Gasteiger partial charge in [-0.25, -0.2) is 0 Å². The first-order valence-corrected chi connectivity index (χ1v) is 11.4. The first-order chi connectivity index (χ1) is 14.6. The molecule has 0 spiro atoms. The normalized spacial score (nSPS) is 10.6. The minimum atomic E-state index is 0.0190. The van der Waals surface area contributed by atoms with Gasteiger partial charge in [0, 0.05) is 24.2 Å². The van der Waals surface area contributed by atoms with Gasteiger partial charge in [0.15, 0.2) is 0 Å². The fraction of sp³-hybridized carbons (Fsp3) is 0.462. The lowest BCUT2D eigenvalue weighted by Gasteiger charge is -2.07. The Kier molecular flexibility index (Phi) is 10.7. The molecule has 30 heavy (non-hydrogen) atoms. The summed E-state index contributed by atoms with van der Waals surface area (Å²) in [6.07, 6.45) is 8.44. The topological polar surface area (TPSA) is 58.2 Å². The van der Waals surface area contributed by atoms with Crippen LogP contribution in [0.15, 0.2) is 48.5 Å². The van der Waals surface area contributed by atoms with Crippen molar-refractivity contribution < 1.29 is 9.59 Å². The van der Waals surface area contributed by atoms with Gasteiger partial charge in [0.1, 0.15) is 0 Å². The molecule has 2 aromatic carbocycles. The van der Waals surface area contributed by atoms with Crippen LogP contribution in [0.4, 0.5) is 0 Å². The molecule has 0 unspecified atom stereocenters. The fourth-order valence-electron chi connectivity index (χ4n) is 3.43. The monoisotopic (exact) mass is 408 g/mol. The lowest BCUT2D eigenvalue weighted by molar-refractivity contribution is 0.0944. The molecule has 2 amide bonds. The molecule has 0 heterocycles. The molecule has 0 aliphatic heterocycles. The first-order valence-electron chi connectivity index (χ1n) is 11.4. The van der Waals surface area contributed by atoms with Gasteiger partial charge >= 0.3 is 0 Å². The number of rotatable bonds is 13. The second-order valence-electron chi connectivity index (χ2n) is 7.74. The lowest BCUT2D eigenvalue weighted by Crippen LogP contribution is -2.24. The molecule has 0 aromatic heterocycles. The summed E-state index contributed by atoms with van der Waals surface area (Å²) in [6, 6.07) is 15.7. The van der Waals surface area contributed by atoms with Crippen LogP contribution in [0.25, 0.3) is 0 Å². The fourth-order valence-corrected chi connectivity index (χ4v) is 3.43. The van der Waals surface area contributed by atoms with Crippen molar-refractivity contribution in [1.29, 1.82) is 0 Å². The summed E-state index contributed by atoms with van der Waals surface area (Å²) in [6.45, 7) is 5.64. The average molecular weight is 409 g/mol. The Labute approximate surface area is 181 Å². The van der Waals surface area contributed by atoms with Gasteiger partial charge in [0.25, 0.3) is 11.8 Å². The first kappa shape index (κ1) is 23.7. The van der Waals surface area contributed by atoms with E-state index in [1.807, 2.05) is 48.5 Å². The molecule has 0 radical (unpaired) electrons. The maximum absolute atomic E-state index is 12.2. The minimum absolute atomic E-state index is 0.0190. The highest BCUT2D eigenvalue weighted by Crippen LogP contribution is 2.08. The zero-order valence-electron chi connectivity index (χ0n) is 18.5. The maximum atomic E-state index is 12.2. The standard InChI is InChI=1S/C26H36N2O2/c1-3-21-13-11-15-23(19-21)25(29)27-17-9-7-5-6-8-10-18-28-26(30)24-16-12-14-22(4-2)20-24/h11-16,19-20H,3-10,17-18H2,1-2H3,(H,27,29)(H,28,30). The predicted octanol–water partition coefficient (Wildman–Crippen LogP) is 5.31. The molecule has 0 saturated carbocycles. The maximum Gasteiger partial charge on any atom is 0.251 e. The van der Waals surface area contributed by atoms with Crippen LogP contribution in [0.2, 0.25) is 0 Å². The zero-order chi connectivity index (χ0) is 21.6. The molecule has 2 rings (SSSR count). The van der Waals surface area contributed by atoms with E-state index in [1.54, 1.807) is 0 Å². The van der Waals surface area contributed by atoms with Crippen molar-refractivity contribution in [2.75, 3.05) is 13.1 Å². The molecule has 162 valence electrons. The van der Waals surface area contributed by atoms with Crippen LogP contribution in [-0.2, 0) is 12.8 Å². The number of carbonyl (C=O) groups excluding carboxylic acids is 2. The minimum Gasteiger partial charge on any atom is -0.352 e. The van der Waals surface area contributed by atoms with Crippen molar-refractivity contribution in [3.63, 3.8) is 0 Å².